The van der Waals surface area contributed by atoms with Crippen LogP contribution in [0.15, 0.2) is 22.6 Å². The maximum absolute atomic E-state index is 12.5. The molecule has 5 nitrogen and oxygen atoms in total. The minimum Gasteiger partial charge on any atom is -0.441 e. The van der Waals surface area contributed by atoms with E-state index in [-0.39, 0.29) is 11.3 Å². The van der Waals surface area contributed by atoms with Gasteiger partial charge in [0, 0.05) is 17.5 Å². The highest BCUT2D eigenvalue weighted by molar-refractivity contribution is 5.96. The Labute approximate surface area is 124 Å². The number of hydrogen-bond acceptors (Lipinski definition) is 4. The largest absolute Gasteiger partial charge is 0.441 e. The Morgan fingerprint density at radius 1 is 1.43 bits per heavy atom. The fourth-order valence-electron chi connectivity index (χ4n) is 2.69. The first-order valence-corrected chi connectivity index (χ1v) is 7.52. The second-order valence-corrected chi connectivity index (χ2v) is 5.91. The molecule has 21 heavy (non-hydrogen) atoms. The number of piperidine rings is 1. The van der Waals surface area contributed by atoms with E-state index < -0.39 is 0 Å². The average molecular weight is 287 g/mol. The molecular formula is C16H21N3O2. The second-order valence-electron chi connectivity index (χ2n) is 5.91. The number of hydrogen-bond donors (Lipinski definition) is 2. The number of nitrogens with zero attached hydrogens (tertiary/aromatic N) is 1. The summed E-state index contributed by atoms with van der Waals surface area (Å²) in [4.78, 5) is 16.9. The van der Waals surface area contributed by atoms with Crippen molar-refractivity contribution in [2.75, 3.05) is 18.4 Å². The van der Waals surface area contributed by atoms with Crippen LogP contribution in [0.3, 0.4) is 0 Å². The molecule has 0 unspecified atom stereocenters. The van der Waals surface area contributed by atoms with Crippen LogP contribution in [0.4, 0.5) is 5.69 Å². The number of benzene rings is 1. The van der Waals surface area contributed by atoms with E-state index in [0.29, 0.717) is 0 Å². The molecular weight excluding hydrogens is 266 g/mol. The Hall–Kier alpha value is -1.88. The van der Waals surface area contributed by atoms with Gasteiger partial charge in [0.05, 0.1) is 0 Å². The van der Waals surface area contributed by atoms with Gasteiger partial charge in [0.25, 0.3) is 0 Å². The summed E-state index contributed by atoms with van der Waals surface area (Å²) in [7, 11) is 0. The summed E-state index contributed by atoms with van der Waals surface area (Å²) in [5.41, 5.74) is 2.04. The summed E-state index contributed by atoms with van der Waals surface area (Å²) in [5, 5.41) is 6.31. The van der Waals surface area contributed by atoms with Crippen molar-refractivity contribution in [3.05, 3.63) is 24.1 Å². The van der Waals surface area contributed by atoms with Gasteiger partial charge in [-0.3, -0.25) is 4.79 Å². The predicted octanol–water partition coefficient (Wildman–Crippen LogP) is 2.72. The molecule has 3 rings (SSSR count). The molecule has 1 fully saturated rings. The lowest BCUT2D eigenvalue weighted by molar-refractivity contribution is -0.126. The molecule has 0 bridgehead atoms. The number of nitrogens with one attached hydrogen (secondary N) is 2. The minimum atomic E-state index is -0.293. The fourth-order valence-corrected chi connectivity index (χ4v) is 2.69. The molecule has 1 aliphatic rings. The third-order valence-corrected chi connectivity index (χ3v) is 4.25. The lowest BCUT2D eigenvalue weighted by Crippen LogP contribution is -2.42. The summed E-state index contributed by atoms with van der Waals surface area (Å²) in [6, 6.07) is 5.61. The number of rotatable bonds is 3. The SMILES string of the molecule is CCc1nc2cc(NC(=O)C3(C)CCNCC3)ccc2o1. The maximum Gasteiger partial charge on any atom is 0.230 e. The third kappa shape index (κ3) is 2.78. The van der Waals surface area contributed by atoms with Crippen molar-refractivity contribution in [2.45, 2.75) is 33.1 Å². The predicted molar refractivity (Wildman–Crippen MR) is 82.2 cm³/mol. The van der Waals surface area contributed by atoms with Crippen LogP contribution in [-0.4, -0.2) is 24.0 Å². The number of fused-ring (bicyclic) bond motifs is 1. The first-order chi connectivity index (χ1) is 10.1. The first-order valence-electron chi connectivity index (χ1n) is 7.52. The van der Waals surface area contributed by atoms with Crippen LogP contribution in [-0.2, 0) is 11.2 Å². The van der Waals surface area contributed by atoms with Gasteiger partial charge in [-0.25, -0.2) is 4.98 Å². The molecule has 0 saturated carbocycles. The van der Waals surface area contributed by atoms with E-state index in [4.69, 9.17) is 4.42 Å². The van der Waals surface area contributed by atoms with Gasteiger partial charge >= 0.3 is 0 Å². The average Bonchev–Trinajstić information content (AvgIpc) is 2.90. The molecule has 1 aromatic carbocycles. The van der Waals surface area contributed by atoms with Crippen LogP contribution in [0.1, 0.15) is 32.6 Å². The van der Waals surface area contributed by atoms with E-state index in [9.17, 15) is 4.79 Å². The van der Waals surface area contributed by atoms with Crippen molar-refractivity contribution < 1.29 is 9.21 Å². The Kier molecular flexibility index (Phi) is 3.68. The summed E-state index contributed by atoms with van der Waals surface area (Å²) in [5.74, 6) is 0.807. The molecule has 1 aromatic heterocycles. The number of aromatic nitrogens is 1. The van der Waals surface area contributed by atoms with Gasteiger partial charge in [-0.05, 0) is 44.1 Å². The minimum absolute atomic E-state index is 0.0857. The molecule has 1 saturated heterocycles. The van der Waals surface area contributed by atoms with Crippen LogP contribution < -0.4 is 10.6 Å². The highest BCUT2D eigenvalue weighted by atomic mass is 16.3. The highest BCUT2D eigenvalue weighted by Crippen LogP contribution is 2.30. The number of carbonyl (C=O) groups excluding carboxylic acids is 1. The lowest BCUT2D eigenvalue weighted by Gasteiger charge is -2.32. The number of anilines is 1. The highest BCUT2D eigenvalue weighted by Gasteiger charge is 2.34. The summed E-state index contributed by atoms with van der Waals surface area (Å²) in [6.45, 7) is 5.83. The second kappa shape index (κ2) is 5.48. The normalized spacial score (nSPS) is 17.8. The van der Waals surface area contributed by atoms with Gasteiger partial charge < -0.3 is 15.1 Å². The first kappa shape index (κ1) is 14.1. The van der Waals surface area contributed by atoms with E-state index in [1.54, 1.807) is 0 Å². The molecule has 0 aliphatic carbocycles. The molecule has 0 spiro atoms. The maximum atomic E-state index is 12.5. The Morgan fingerprint density at radius 2 is 2.19 bits per heavy atom. The third-order valence-electron chi connectivity index (χ3n) is 4.25. The van der Waals surface area contributed by atoms with Gasteiger partial charge in [-0.1, -0.05) is 13.8 Å². The van der Waals surface area contributed by atoms with Gasteiger partial charge in [-0.2, -0.15) is 0 Å². The van der Waals surface area contributed by atoms with Gasteiger partial charge in [0.2, 0.25) is 5.91 Å². The van der Waals surface area contributed by atoms with Crippen molar-refractivity contribution >= 4 is 22.7 Å². The van der Waals surface area contributed by atoms with Crippen LogP contribution in [0.25, 0.3) is 11.1 Å². The van der Waals surface area contributed by atoms with Gasteiger partial charge in [0.1, 0.15) is 5.52 Å². The summed E-state index contributed by atoms with van der Waals surface area (Å²) in [6.07, 6.45) is 2.50. The standard InChI is InChI=1S/C16H21N3O2/c1-3-14-19-12-10-11(4-5-13(12)21-14)18-15(20)16(2)6-8-17-9-7-16/h4-5,10,17H,3,6-9H2,1-2H3,(H,18,20). The molecule has 1 amide bonds. The molecule has 1 aliphatic heterocycles. The van der Waals surface area contributed by atoms with Crippen molar-refractivity contribution in [3.8, 4) is 0 Å². The monoisotopic (exact) mass is 287 g/mol. The zero-order valence-corrected chi connectivity index (χ0v) is 12.5. The van der Waals surface area contributed by atoms with Crippen molar-refractivity contribution in [3.63, 3.8) is 0 Å². The zero-order valence-electron chi connectivity index (χ0n) is 12.5. The zero-order chi connectivity index (χ0) is 14.9. The Morgan fingerprint density at radius 3 is 2.90 bits per heavy atom. The van der Waals surface area contributed by atoms with Crippen LogP contribution >= 0.6 is 0 Å². The fraction of sp³-hybridized carbons (Fsp3) is 0.500. The smallest absolute Gasteiger partial charge is 0.230 e. The van der Waals surface area contributed by atoms with E-state index in [2.05, 4.69) is 15.6 Å². The Bertz CT molecular complexity index is 657. The van der Waals surface area contributed by atoms with E-state index in [1.807, 2.05) is 32.0 Å². The molecule has 0 radical (unpaired) electrons. The van der Waals surface area contributed by atoms with Crippen molar-refractivity contribution in [1.82, 2.24) is 10.3 Å². The number of oxazole rings is 1. The number of carbonyl (C=O) groups is 1. The molecule has 112 valence electrons. The molecule has 2 N–H and O–H groups in total. The van der Waals surface area contributed by atoms with Crippen LogP contribution in [0.5, 0.6) is 0 Å². The van der Waals surface area contributed by atoms with Gasteiger partial charge in [0.15, 0.2) is 11.5 Å². The van der Waals surface area contributed by atoms with Crippen LogP contribution in [0, 0.1) is 5.41 Å². The molecule has 5 heteroatoms. The van der Waals surface area contributed by atoms with Gasteiger partial charge in [-0.15, -0.1) is 0 Å². The van der Waals surface area contributed by atoms with E-state index >= 15 is 0 Å². The molecule has 2 aromatic rings. The number of aryl methyl sites for hydroxylation is 1. The molecule has 0 atom stereocenters. The topological polar surface area (TPSA) is 67.2 Å². The number of amides is 1. The summed E-state index contributed by atoms with van der Waals surface area (Å²) < 4.78 is 5.58. The van der Waals surface area contributed by atoms with E-state index in [0.717, 1.165) is 55.0 Å². The van der Waals surface area contributed by atoms with Crippen molar-refractivity contribution in [1.29, 1.82) is 0 Å². The summed E-state index contributed by atoms with van der Waals surface area (Å²) >= 11 is 0. The quantitative estimate of drug-likeness (QED) is 0.911. The van der Waals surface area contributed by atoms with Crippen molar-refractivity contribution in [2.24, 2.45) is 5.41 Å². The molecule has 2 heterocycles. The van der Waals surface area contributed by atoms with E-state index in [1.165, 1.54) is 0 Å². The van der Waals surface area contributed by atoms with Crippen LogP contribution in [0.2, 0.25) is 0 Å². The Balaban J connectivity index is 1.79. The lowest BCUT2D eigenvalue weighted by atomic mass is 9.80.